The molecular weight excluding hydrogens is 620 g/mol. The maximum absolute atomic E-state index is 13.6. The van der Waals surface area contributed by atoms with Crippen molar-refractivity contribution in [2.24, 2.45) is 7.05 Å². The number of hydrogen-bond donors (Lipinski definition) is 0. The van der Waals surface area contributed by atoms with E-state index in [2.05, 4.69) is 46.9 Å². The molecule has 0 unspecified atom stereocenters. The second-order valence-corrected chi connectivity index (χ2v) is 12.8. The van der Waals surface area contributed by atoms with Gasteiger partial charge in [0.1, 0.15) is 35.2 Å². The van der Waals surface area contributed by atoms with Gasteiger partial charge in [0.2, 0.25) is 5.52 Å². The van der Waals surface area contributed by atoms with E-state index in [-0.39, 0.29) is 28.1 Å². The van der Waals surface area contributed by atoms with Crippen molar-refractivity contribution < 1.29 is 21.5 Å². The summed E-state index contributed by atoms with van der Waals surface area (Å²) in [6.45, 7) is 5.02. The van der Waals surface area contributed by atoms with Crippen LogP contribution < -0.4 is 46.8 Å². The lowest BCUT2D eigenvalue weighted by atomic mass is 10.3. The number of thioether (sulfide) groups is 1. The van der Waals surface area contributed by atoms with Crippen LogP contribution in [0.4, 0.5) is 5.69 Å². The van der Waals surface area contributed by atoms with Crippen molar-refractivity contribution in [1.82, 2.24) is 9.13 Å². The molecule has 0 saturated heterocycles. The molecule has 11 heteroatoms. The van der Waals surface area contributed by atoms with Gasteiger partial charge in [-0.25, -0.2) is 0 Å². The van der Waals surface area contributed by atoms with Gasteiger partial charge in [0.25, 0.3) is 16.1 Å². The van der Waals surface area contributed by atoms with Crippen molar-refractivity contribution >= 4 is 72.8 Å². The molecule has 5 aromatic rings. The number of thiazole rings is 3. The van der Waals surface area contributed by atoms with Gasteiger partial charge in [-0.3, -0.25) is 18.7 Å². The average Bonchev–Trinajstić information content (AvgIpc) is 3.61. The summed E-state index contributed by atoms with van der Waals surface area (Å²) in [5, 5.41) is 1.99. The molecular formula is C27H25BrN4O2S4. The van der Waals surface area contributed by atoms with Crippen LogP contribution in [0.1, 0.15) is 18.9 Å². The fourth-order valence-corrected chi connectivity index (χ4v) is 9.58. The lowest BCUT2D eigenvalue weighted by Crippen LogP contribution is -3.00. The molecule has 38 heavy (non-hydrogen) atoms. The third-order valence-electron chi connectivity index (χ3n) is 6.57. The molecule has 0 radical (unpaired) electrons. The normalized spacial score (nSPS) is 15.8. The summed E-state index contributed by atoms with van der Waals surface area (Å²) in [4.78, 5) is 30.4. The van der Waals surface area contributed by atoms with E-state index in [0.717, 1.165) is 29.9 Å². The Kier molecular flexibility index (Phi) is 7.58. The zero-order chi connectivity index (χ0) is 25.8. The summed E-state index contributed by atoms with van der Waals surface area (Å²) in [5.41, 5.74) is 2.18. The predicted molar refractivity (Wildman–Crippen MR) is 156 cm³/mol. The number of aryl methyl sites for hydroxylation is 1. The molecule has 0 saturated carbocycles. The number of fused-ring (bicyclic) bond motifs is 2. The van der Waals surface area contributed by atoms with Crippen molar-refractivity contribution in [3.63, 3.8) is 0 Å². The van der Waals surface area contributed by atoms with Crippen LogP contribution in [0.3, 0.4) is 0 Å². The molecule has 1 aliphatic rings. The standard InChI is InChI=1S/C27H25N4O2S4.BrH/c1-5-30-21(15-20-28(3)16-11-7-9-13-18(16)34-20)36-23(24(30)32)27-31(6-2)25(33)22(37-27)26-29(4)17-12-8-10-14-19(17)35-26;/h7-15H,5-6H2,1-4H3;1H/q+1;/p-1/b26-22+,27-23+;. The highest BCUT2D eigenvalue weighted by Gasteiger charge is 2.24. The molecule has 4 heterocycles. The summed E-state index contributed by atoms with van der Waals surface area (Å²) in [5.74, 6) is 0. The Bertz CT molecular complexity index is 2030. The molecule has 2 aromatic carbocycles. The molecule has 0 bridgehead atoms. The highest BCUT2D eigenvalue weighted by Crippen LogP contribution is 2.45. The van der Waals surface area contributed by atoms with E-state index in [1.54, 1.807) is 27.7 Å². The zero-order valence-corrected chi connectivity index (χ0v) is 26.1. The number of aromatic nitrogens is 3. The number of para-hydroxylation sites is 2. The number of rotatable bonds is 3. The van der Waals surface area contributed by atoms with Gasteiger partial charge >= 0.3 is 0 Å². The molecule has 0 N–H and O–H groups in total. The molecule has 0 fully saturated rings. The third-order valence-corrected chi connectivity index (χ3v) is 11.5. The first kappa shape index (κ1) is 27.1. The predicted octanol–water partition coefficient (Wildman–Crippen LogP) is 0.640. The number of hydrogen-bond acceptors (Lipinski definition) is 7. The Morgan fingerprint density at radius 3 is 2.26 bits per heavy atom. The number of anilines is 1. The molecule has 196 valence electrons. The van der Waals surface area contributed by atoms with Gasteiger partial charge in [-0.1, -0.05) is 47.4 Å². The van der Waals surface area contributed by atoms with Gasteiger partial charge in [0, 0.05) is 31.1 Å². The van der Waals surface area contributed by atoms with Gasteiger partial charge < -0.3 is 21.9 Å². The van der Waals surface area contributed by atoms with E-state index in [4.69, 9.17) is 0 Å². The molecule has 1 aliphatic heterocycles. The lowest BCUT2D eigenvalue weighted by Gasteiger charge is -2.11. The SMILES string of the molecule is CCn1c(=O)/c(=c2\s/c(=C3/Sc4ccccc4N3C)c(=O)n2CC)s/c1=C/c1sc2ccccc2[n+]1C.[Br-]. The van der Waals surface area contributed by atoms with Crippen LogP contribution in [-0.4, -0.2) is 16.2 Å². The fourth-order valence-electron chi connectivity index (χ4n) is 4.62. The lowest BCUT2D eigenvalue weighted by molar-refractivity contribution is -0.642. The minimum atomic E-state index is -0.0433. The molecule has 6 rings (SSSR count). The van der Waals surface area contributed by atoms with Gasteiger partial charge in [0.05, 0.1) is 11.8 Å². The Labute approximate surface area is 245 Å². The van der Waals surface area contributed by atoms with Crippen molar-refractivity contribution in [1.29, 1.82) is 0 Å². The fraction of sp³-hybridized carbons (Fsp3) is 0.222. The van der Waals surface area contributed by atoms with Gasteiger partial charge in [-0.15, -0.1) is 22.7 Å². The van der Waals surface area contributed by atoms with Crippen molar-refractivity contribution in [3.05, 3.63) is 92.6 Å². The summed E-state index contributed by atoms with van der Waals surface area (Å²) < 4.78 is 9.86. The Balaban J connectivity index is 0.00000294. The van der Waals surface area contributed by atoms with Crippen LogP contribution in [0.5, 0.6) is 0 Å². The molecule has 6 nitrogen and oxygen atoms in total. The molecule has 3 aromatic heterocycles. The maximum atomic E-state index is 13.6. The van der Waals surface area contributed by atoms with Gasteiger partial charge in [-0.05, 0) is 32.0 Å². The minimum Gasteiger partial charge on any atom is -1.00 e. The smallest absolute Gasteiger partial charge is 0.272 e. The quantitative estimate of drug-likeness (QED) is 0.271. The van der Waals surface area contributed by atoms with E-state index in [1.807, 2.05) is 49.7 Å². The first-order valence-corrected chi connectivity index (χ1v) is 15.3. The Morgan fingerprint density at radius 1 is 0.868 bits per heavy atom. The van der Waals surface area contributed by atoms with E-state index in [9.17, 15) is 9.59 Å². The molecule has 0 atom stereocenters. The van der Waals surface area contributed by atoms with Gasteiger partial charge in [-0.2, -0.15) is 4.57 Å². The second kappa shape index (κ2) is 10.6. The summed E-state index contributed by atoms with van der Waals surface area (Å²) >= 11 is 6.22. The zero-order valence-electron chi connectivity index (χ0n) is 21.2. The highest BCUT2D eigenvalue weighted by atomic mass is 79.9. The van der Waals surface area contributed by atoms with Crippen LogP contribution in [0.2, 0.25) is 0 Å². The summed E-state index contributed by atoms with van der Waals surface area (Å²) in [7, 11) is 4.05. The van der Waals surface area contributed by atoms with Crippen LogP contribution in [0, 0.1) is 9.20 Å². The minimum absolute atomic E-state index is 0. The average molecular weight is 646 g/mol. The number of nitrogens with zero attached hydrogens (tertiary/aromatic N) is 4. The third kappa shape index (κ3) is 4.24. The summed E-state index contributed by atoms with van der Waals surface area (Å²) in [6.07, 6.45) is 2.10. The first-order valence-electron chi connectivity index (χ1n) is 12.0. The van der Waals surface area contributed by atoms with Crippen LogP contribution in [-0.2, 0) is 20.1 Å². The molecule has 0 spiro atoms. The van der Waals surface area contributed by atoms with Gasteiger partial charge in [0.15, 0.2) is 0 Å². The van der Waals surface area contributed by atoms with Crippen LogP contribution in [0.25, 0.3) is 21.3 Å². The van der Waals surface area contributed by atoms with Crippen molar-refractivity contribution in [3.8, 4) is 0 Å². The number of benzene rings is 2. The van der Waals surface area contributed by atoms with Crippen LogP contribution >= 0.6 is 45.8 Å². The second-order valence-electron chi connectivity index (χ2n) is 8.65. The maximum Gasteiger partial charge on any atom is 0.272 e. The molecule has 0 amide bonds. The van der Waals surface area contributed by atoms with E-state index in [0.29, 0.717) is 22.2 Å². The topological polar surface area (TPSA) is 51.1 Å². The Morgan fingerprint density at radius 2 is 1.55 bits per heavy atom. The van der Waals surface area contributed by atoms with E-state index < -0.39 is 0 Å². The largest absolute Gasteiger partial charge is 1.00 e. The van der Waals surface area contributed by atoms with Crippen molar-refractivity contribution in [2.45, 2.75) is 31.8 Å². The van der Waals surface area contributed by atoms with Crippen molar-refractivity contribution in [2.75, 3.05) is 11.9 Å². The summed E-state index contributed by atoms with van der Waals surface area (Å²) in [6, 6.07) is 16.5. The molecule has 0 aliphatic carbocycles. The highest BCUT2D eigenvalue weighted by molar-refractivity contribution is 8.08. The number of halogens is 1. The monoisotopic (exact) mass is 644 g/mol. The van der Waals surface area contributed by atoms with E-state index >= 15 is 0 Å². The Hall–Kier alpha value is -2.44. The first-order chi connectivity index (χ1) is 17.9. The van der Waals surface area contributed by atoms with E-state index in [1.165, 1.54) is 32.9 Å². The van der Waals surface area contributed by atoms with Crippen LogP contribution in [0.15, 0.2) is 63.0 Å².